The minimum absolute atomic E-state index is 0.0110. The quantitative estimate of drug-likeness (QED) is 0.559. The van der Waals surface area contributed by atoms with Gasteiger partial charge in [-0.1, -0.05) is 30.3 Å². The molecule has 0 aliphatic heterocycles. The Morgan fingerprint density at radius 1 is 1.11 bits per heavy atom. The molecule has 28 heavy (non-hydrogen) atoms. The second kappa shape index (κ2) is 8.84. The van der Waals surface area contributed by atoms with Crippen LogP contribution in [0.3, 0.4) is 0 Å². The van der Waals surface area contributed by atoms with Crippen LogP contribution in [0.1, 0.15) is 49.7 Å². The van der Waals surface area contributed by atoms with E-state index in [0.29, 0.717) is 24.4 Å². The zero-order chi connectivity index (χ0) is 20.1. The molecule has 0 saturated carbocycles. The molecule has 0 radical (unpaired) electrons. The van der Waals surface area contributed by atoms with Crippen molar-refractivity contribution in [3.63, 3.8) is 0 Å². The summed E-state index contributed by atoms with van der Waals surface area (Å²) in [6.07, 6.45) is 0. The van der Waals surface area contributed by atoms with Gasteiger partial charge in [0.1, 0.15) is 6.61 Å². The molecular weight excluding hydrogens is 376 g/mol. The molecule has 0 aliphatic rings. The molecule has 0 spiro atoms. The topological polar surface area (TPSA) is 70.4 Å². The second-order valence-corrected chi connectivity index (χ2v) is 7.16. The summed E-state index contributed by atoms with van der Waals surface area (Å²) in [4.78, 5) is 28.4. The number of nitrogens with zero attached hydrogens (tertiary/aromatic N) is 2. The molecule has 0 unspecified atom stereocenters. The zero-order valence-electron chi connectivity index (χ0n) is 16.1. The van der Waals surface area contributed by atoms with Crippen molar-refractivity contribution in [2.75, 3.05) is 6.61 Å². The van der Waals surface area contributed by atoms with Crippen LogP contribution in [0.5, 0.6) is 0 Å². The lowest BCUT2D eigenvalue weighted by Gasteiger charge is -2.10. The fraction of sp³-hybridized carbons (Fsp3) is 0.286. The number of benzene rings is 1. The van der Waals surface area contributed by atoms with E-state index in [1.807, 2.05) is 38.1 Å². The Hall–Kier alpha value is -2.93. The van der Waals surface area contributed by atoms with Crippen LogP contribution in [0.25, 0.3) is 0 Å². The maximum atomic E-state index is 12.5. The number of aryl methyl sites for hydroxylation is 1. The van der Waals surface area contributed by atoms with E-state index in [1.54, 1.807) is 12.3 Å². The van der Waals surface area contributed by atoms with E-state index in [2.05, 4.69) is 21.7 Å². The maximum absolute atomic E-state index is 12.5. The molecule has 0 saturated heterocycles. The number of esters is 2. The van der Waals surface area contributed by atoms with Crippen LogP contribution in [0.4, 0.5) is 0 Å². The Bertz CT molecular complexity index is 976. The molecule has 3 aromatic rings. The number of aromatic nitrogens is 2. The van der Waals surface area contributed by atoms with Crippen LogP contribution < -0.4 is 0 Å². The van der Waals surface area contributed by atoms with Crippen molar-refractivity contribution in [1.29, 1.82) is 0 Å². The lowest BCUT2D eigenvalue weighted by atomic mass is 10.2. The smallest absolute Gasteiger partial charge is 0.367 e. The predicted octanol–water partition coefficient (Wildman–Crippen LogP) is 4.14. The molecule has 2 aromatic heterocycles. The Labute approximate surface area is 167 Å². The fourth-order valence-electron chi connectivity index (χ4n) is 2.89. The van der Waals surface area contributed by atoms with E-state index in [4.69, 9.17) is 9.47 Å². The molecule has 3 rings (SSSR count). The highest BCUT2D eigenvalue weighted by atomic mass is 32.1. The van der Waals surface area contributed by atoms with Crippen molar-refractivity contribution in [2.24, 2.45) is 0 Å². The van der Waals surface area contributed by atoms with Crippen molar-refractivity contribution in [3.05, 3.63) is 75.0 Å². The van der Waals surface area contributed by atoms with E-state index >= 15 is 0 Å². The maximum Gasteiger partial charge on any atom is 0.367 e. The van der Waals surface area contributed by atoms with Gasteiger partial charge in [0.05, 0.1) is 17.9 Å². The molecule has 0 bridgehead atoms. The molecule has 7 heteroatoms. The summed E-state index contributed by atoms with van der Waals surface area (Å²) >= 11 is 1.17. The SMILES string of the molecule is CCOC(=O)c1nc(COC(=O)c2cc(C)n(Cc3ccccc3)c2C)cs1. The van der Waals surface area contributed by atoms with Crippen LogP contribution in [0.2, 0.25) is 0 Å². The highest BCUT2D eigenvalue weighted by Gasteiger charge is 2.18. The van der Waals surface area contributed by atoms with E-state index in [0.717, 1.165) is 17.0 Å². The number of carbonyl (C=O) groups excluding carboxylic acids is 2. The molecule has 0 aliphatic carbocycles. The Kier molecular flexibility index (Phi) is 6.26. The standard InChI is InChI=1S/C21H22N2O4S/c1-4-26-21(25)19-22-17(13-28-19)12-27-20(24)18-10-14(2)23(15(18)3)11-16-8-6-5-7-9-16/h5-10,13H,4,11-12H2,1-3H3. The summed E-state index contributed by atoms with van der Waals surface area (Å²) in [5.41, 5.74) is 4.08. The molecule has 1 aromatic carbocycles. The van der Waals surface area contributed by atoms with Crippen molar-refractivity contribution >= 4 is 23.3 Å². The molecule has 6 nitrogen and oxygen atoms in total. The van der Waals surface area contributed by atoms with Crippen LogP contribution in [-0.2, 0) is 22.6 Å². The van der Waals surface area contributed by atoms with E-state index in [-0.39, 0.29) is 11.6 Å². The predicted molar refractivity (Wildman–Crippen MR) is 107 cm³/mol. The number of carbonyl (C=O) groups is 2. The highest BCUT2D eigenvalue weighted by Crippen LogP contribution is 2.19. The van der Waals surface area contributed by atoms with Crippen molar-refractivity contribution in [3.8, 4) is 0 Å². The van der Waals surface area contributed by atoms with E-state index in [9.17, 15) is 9.59 Å². The highest BCUT2D eigenvalue weighted by molar-refractivity contribution is 7.11. The van der Waals surface area contributed by atoms with Gasteiger partial charge in [-0.25, -0.2) is 14.6 Å². The van der Waals surface area contributed by atoms with Gasteiger partial charge in [0.15, 0.2) is 0 Å². The summed E-state index contributed by atoms with van der Waals surface area (Å²) in [6, 6.07) is 11.9. The molecule has 0 N–H and O–H groups in total. The Morgan fingerprint density at radius 3 is 2.57 bits per heavy atom. The van der Waals surface area contributed by atoms with Crippen molar-refractivity contribution < 1.29 is 19.1 Å². The minimum Gasteiger partial charge on any atom is -0.461 e. The fourth-order valence-corrected chi connectivity index (χ4v) is 3.59. The number of thiazole rings is 1. The first-order chi connectivity index (χ1) is 13.5. The van der Waals surface area contributed by atoms with Crippen LogP contribution >= 0.6 is 11.3 Å². The number of hydrogen-bond donors (Lipinski definition) is 0. The summed E-state index contributed by atoms with van der Waals surface area (Å²) in [5.74, 6) is -0.868. The zero-order valence-corrected chi connectivity index (χ0v) is 16.9. The largest absolute Gasteiger partial charge is 0.461 e. The Morgan fingerprint density at radius 2 is 1.86 bits per heavy atom. The molecule has 0 atom stereocenters. The first-order valence-electron chi connectivity index (χ1n) is 8.99. The van der Waals surface area contributed by atoms with Gasteiger partial charge in [0.2, 0.25) is 5.01 Å². The van der Waals surface area contributed by atoms with Gasteiger partial charge in [-0.3, -0.25) is 0 Å². The van der Waals surface area contributed by atoms with E-state index < -0.39 is 11.9 Å². The summed E-state index contributed by atoms with van der Waals surface area (Å²) in [6.45, 7) is 6.62. The third kappa shape index (κ3) is 4.48. The molecule has 146 valence electrons. The van der Waals surface area contributed by atoms with Crippen LogP contribution in [0, 0.1) is 13.8 Å². The summed E-state index contributed by atoms with van der Waals surface area (Å²) < 4.78 is 12.4. The molecular formula is C21H22N2O4S. The van der Waals surface area contributed by atoms with Gasteiger partial charge < -0.3 is 14.0 Å². The summed E-state index contributed by atoms with van der Waals surface area (Å²) in [5, 5.41) is 1.95. The number of ether oxygens (including phenoxy) is 2. The van der Waals surface area contributed by atoms with E-state index in [1.165, 1.54) is 11.3 Å². The van der Waals surface area contributed by atoms with Crippen molar-refractivity contribution in [1.82, 2.24) is 9.55 Å². The summed E-state index contributed by atoms with van der Waals surface area (Å²) in [7, 11) is 0. The number of rotatable bonds is 7. The normalized spacial score (nSPS) is 10.7. The first-order valence-corrected chi connectivity index (χ1v) is 9.86. The second-order valence-electron chi connectivity index (χ2n) is 6.30. The lowest BCUT2D eigenvalue weighted by Crippen LogP contribution is -2.09. The average Bonchev–Trinajstić information content (AvgIpc) is 3.27. The third-order valence-electron chi connectivity index (χ3n) is 4.33. The average molecular weight is 398 g/mol. The van der Waals surface area contributed by atoms with Gasteiger partial charge in [-0.15, -0.1) is 11.3 Å². The molecule has 0 amide bonds. The first kappa shape index (κ1) is 19.8. The van der Waals surface area contributed by atoms with Gasteiger partial charge in [0, 0.05) is 23.3 Å². The van der Waals surface area contributed by atoms with Crippen LogP contribution in [0.15, 0.2) is 41.8 Å². The number of hydrogen-bond acceptors (Lipinski definition) is 6. The van der Waals surface area contributed by atoms with Crippen molar-refractivity contribution in [2.45, 2.75) is 33.9 Å². The Balaban J connectivity index is 1.66. The monoisotopic (exact) mass is 398 g/mol. The molecule has 2 heterocycles. The molecule has 0 fully saturated rings. The van der Waals surface area contributed by atoms with Gasteiger partial charge in [-0.05, 0) is 32.4 Å². The lowest BCUT2D eigenvalue weighted by molar-refractivity contribution is 0.0467. The minimum atomic E-state index is -0.463. The van der Waals surface area contributed by atoms with Gasteiger partial charge >= 0.3 is 11.9 Å². The third-order valence-corrected chi connectivity index (χ3v) is 5.20. The van der Waals surface area contributed by atoms with Gasteiger partial charge in [0.25, 0.3) is 0 Å². The van der Waals surface area contributed by atoms with Gasteiger partial charge in [-0.2, -0.15) is 0 Å². The van der Waals surface area contributed by atoms with Crippen LogP contribution in [-0.4, -0.2) is 28.1 Å².